The largest absolute Gasteiger partial charge is 0.343 e. The van der Waals surface area contributed by atoms with E-state index < -0.39 is 17.9 Å². The molecule has 27 heavy (non-hydrogen) atoms. The van der Waals surface area contributed by atoms with Crippen LogP contribution in [-0.2, 0) is 27.5 Å². The third-order valence-corrected chi connectivity index (χ3v) is 6.17. The number of amides is 1. The Labute approximate surface area is 159 Å². The molecule has 5 nitrogen and oxygen atoms in total. The third kappa shape index (κ3) is 3.74. The van der Waals surface area contributed by atoms with Crippen LogP contribution in [0.3, 0.4) is 0 Å². The molecule has 3 heterocycles. The molecule has 0 bridgehead atoms. The lowest BCUT2D eigenvalue weighted by Crippen LogP contribution is -2.36. The molecular formula is C19H20F2N2O3S. The summed E-state index contributed by atoms with van der Waals surface area (Å²) in [6.07, 6.45) is 1.00. The van der Waals surface area contributed by atoms with Crippen molar-refractivity contribution < 1.29 is 23.0 Å². The minimum atomic E-state index is -0.751. The number of hydrogen-bond donors (Lipinski definition) is 0. The number of hydrogen-bond acceptors (Lipinski definition) is 5. The molecule has 2 aliphatic rings. The smallest absolute Gasteiger partial charge is 0.219 e. The average Bonchev–Trinajstić information content (AvgIpc) is 3.04. The zero-order valence-corrected chi connectivity index (χ0v) is 15.7. The van der Waals surface area contributed by atoms with Gasteiger partial charge in [0, 0.05) is 42.4 Å². The Kier molecular flexibility index (Phi) is 5.21. The summed E-state index contributed by atoms with van der Waals surface area (Å²) in [5.74, 6) is -0.580. The second-order valence-electron chi connectivity index (χ2n) is 6.83. The van der Waals surface area contributed by atoms with Gasteiger partial charge in [0.1, 0.15) is 17.3 Å². The van der Waals surface area contributed by atoms with Gasteiger partial charge in [0.25, 0.3) is 0 Å². The van der Waals surface area contributed by atoms with Crippen LogP contribution < -0.4 is 0 Å². The van der Waals surface area contributed by atoms with Gasteiger partial charge in [0.15, 0.2) is 0 Å². The van der Waals surface area contributed by atoms with Crippen LogP contribution >= 0.6 is 11.3 Å². The van der Waals surface area contributed by atoms with Crippen molar-refractivity contribution in [2.45, 2.75) is 45.2 Å². The Morgan fingerprint density at radius 3 is 2.30 bits per heavy atom. The molecule has 2 aliphatic heterocycles. The van der Waals surface area contributed by atoms with Crippen molar-refractivity contribution in [3.05, 3.63) is 51.0 Å². The number of carbonyl (C=O) groups is 1. The summed E-state index contributed by atoms with van der Waals surface area (Å²) in [5, 5.41) is 2.86. The van der Waals surface area contributed by atoms with Crippen LogP contribution in [0.25, 0.3) is 0 Å². The normalized spacial score (nSPS) is 19.0. The monoisotopic (exact) mass is 394 g/mol. The number of aromatic nitrogens is 1. The minimum absolute atomic E-state index is 0.0621. The lowest BCUT2D eigenvalue weighted by molar-refractivity contribution is -0.155. The maximum absolute atomic E-state index is 14.0. The number of piperidine rings is 1. The van der Waals surface area contributed by atoms with Crippen molar-refractivity contribution >= 4 is 17.2 Å². The second-order valence-corrected chi connectivity index (χ2v) is 7.72. The molecule has 1 saturated heterocycles. The summed E-state index contributed by atoms with van der Waals surface area (Å²) < 4.78 is 39.2. The Bertz CT molecular complexity index is 816. The molecule has 144 valence electrons. The first-order valence-electron chi connectivity index (χ1n) is 8.92. The van der Waals surface area contributed by atoms with Crippen LogP contribution in [0.2, 0.25) is 0 Å². The Balaban J connectivity index is 1.45. The summed E-state index contributed by atoms with van der Waals surface area (Å²) >= 11 is 1.53. The van der Waals surface area contributed by atoms with Crippen LogP contribution in [0.4, 0.5) is 8.78 Å². The summed E-state index contributed by atoms with van der Waals surface area (Å²) in [6, 6.07) is 2.21. The van der Waals surface area contributed by atoms with Crippen molar-refractivity contribution in [2.24, 2.45) is 0 Å². The molecule has 0 radical (unpaired) electrons. The first kappa shape index (κ1) is 18.5. The minimum Gasteiger partial charge on any atom is -0.343 e. The first-order valence-corrected chi connectivity index (χ1v) is 9.80. The molecule has 0 spiro atoms. The van der Waals surface area contributed by atoms with Gasteiger partial charge >= 0.3 is 0 Å². The van der Waals surface area contributed by atoms with Gasteiger partial charge in [0.05, 0.1) is 18.2 Å². The van der Waals surface area contributed by atoms with E-state index in [1.54, 1.807) is 6.92 Å². The Hall–Kier alpha value is -1.90. The van der Waals surface area contributed by atoms with Gasteiger partial charge in [-0.05, 0) is 25.0 Å². The van der Waals surface area contributed by atoms with Crippen molar-refractivity contribution in [1.29, 1.82) is 0 Å². The van der Waals surface area contributed by atoms with Gasteiger partial charge in [-0.25, -0.2) is 13.8 Å². The van der Waals surface area contributed by atoms with Crippen molar-refractivity contribution in [2.75, 3.05) is 13.1 Å². The quantitative estimate of drug-likeness (QED) is 0.775. The molecule has 8 heteroatoms. The molecule has 4 rings (SSSR count). The average molecular weight is 394 g/mol. The highest BCUT2D eigenvalue weighted by molar-refractivity contribution is 7.09. The van der Waals surface area contributed by atoms with Gasteiger partial charge in [-0.2, -0.15) is 0 Å². The van der Waals surface area contributed by atoms with Crippen molar-refractivity contribution in [3.8, 4) is 0 Å². The van der Waals surface area contributed by atoms with Crippen LogP contribution in [-0.4, -0.2) is 28.9 Å². The molecule has 1 fully saturated rings. The second kappa shape index (κ2) is 7.61. The molecule has 1 aromatic heterocycles. The van der Waals surface area contributed by atoms with Crippen LogP contribution in [0.15, 0.2) is 17.5 Å². The van der Waals surface area contributed by atoms with Crippen LogP contribution in [0.1, 0.15) is 53.8 Å². The number of benzene rings is 1. The molecule has 1 aromatic carbocycles. The predicted molar refractivity (Wildman–Crippen MR) is 95.0 cm³/mol. The van der Waals surface area contributed by atoms with Gasteiger partial charge in [-0.15, -0.1) is 11.3 Å². The van der Waals surface area contributed by atoms with E-state index in [2.05, 4.69) is 4.98 Å². The number of rotatable bonds is 2. The number of halogens is 2. The maximum Gasteiger partial charge on any atom is 0.219 e. The zero-order chi connectivity index (χ0) is 19.0. The molecule has 0 N–H and O–H groups in total. The van der Waals surface area contributed by atoms with E-state index in [9.17, 15) is 13.6 Å². The SMILES string of the molecule is CC(=O)N1CCC(c2nc(C3OCc4c(F)ccc(F)c4CO3)cs2)CC1. The van der Waals surface area contributed by atoms with Crippen LogP contribution in [0, 0.1) is 11.6 Å². The fraction of sp³-hybridized carbons (Fsp3) is 0.474. The lowest BCUT2D eigenvalue weighted by atomic mass is 9.97. The van der Waals surface area contributed by atoms with E-state index in [0.29, 0.717) is 11.6 Å². The van der Waals surface area contributed by atoms with E-state index in [-0.39, 0.29) is 30.2 Å². The number of nitrogens with zero attached hydrogens (tertiary/aromatic N) is 2. The summed E-state index contributed by atoms with van der Waals surface area (Å²) in [5.41, 5.74) is 1.02. The van der Waals surface area contributed by atoms with E-state index in [0.717, 1.165) is 43.1 Å². The Morgan fingerprint density at radius 1 is 1.15 bits per heavy atom. The van der Waals surface area contributed by atoms with Crippen LogP contribution in [0.5, 0.6) is 0 Å². The standard InChI is InChI=1S/C19H20F2N2O3S/c1-11(24)23-6-4-12(5-7-23)18-22-17(10-27-18)19-25-8-13-14(9-26-19)16(21)3-2-15(13)20/h2-3,10,12,19H,4-9H2,1H3. The maximum atomic E-state index is 14.0. The van der Waals surface area contributed by atoms with E-state index >= 15 is 0 Å². The molecule has 0 saturated carbocycles. The van der Waals surface area contributed by atoms with Gasteiger partial charge < -0.3 is 14.4 Å². The number of fused-ring (bicyclic) bond motifs is 1. The molecular weight excluding hydrogens is 374 g/mol. The van der Waals surface area contributed by atoms with Crippen molar-refractivity contribution in [1.82, 2.24) is 9.88 Å². The fourth-order valence-corrected chi connectivity index (χ4v) is 4.51. The highest BCUT2D eigenvalue weighted by atomic mass is 32.1. The zero-order valence-electron chi connectivity index (χ0n) is 14.9. The Morgan fingerprint density at radius 2 is 1.74 bits per heavy atom. The molecule has 0 atom stereocenters. The highest BCUT2D eigenvalue weighted by Crippen LogP contribution is 2.34. The lowest BCUT2D eigenvalue weighted by Gasteiger charge is -2.30. The fourth-order valence-electron chi connectivity index (χ4n) is 3.52. The van der Waals surface area contributed by atoms with Gasteiger partial charge in [-0.1, -0.05) is 0 Å². The third-order valence-electron chi connectivity index (χ3n) is 5.15. The first-order chi connectivity index (χ1) is 13.0. The summed E-state index contributed by atoms with van der Waals surface area (Å²) in [6.45, 7) is 2.94. The van der Waals surface area contributed by atoms with E-state index in [4.69, 9.17) is 9.47 Å². The molecule has 1 amide bonds. The highest BCUT2D eigenvalue weighted by Gasteiger charge is 2.28. The molecule has 0 unspecified atom stereocenters. The van der Waals surface area contributed by atoms with E-state index in [1.165, 1.54) is 11.3 Å². The van der Waals surface area contributed by atoms with Gasteiger partial charge in [0.2, 0.25) is 12.2 Å². The molecule has 2 aromatic rings. The number of carbonyl (C=O) groups excluding carboxylic acids is 1. The number of likely N-dealkylation sites (tertiary alicyclic amines) is 1. The number of thiazole rings is 1. The van der Waals surface area contributed by atoms with E-state index in [1.807, 2.05) is 10.3 Å². The topological polar surface area (TPSA) is 51.7 Å². The number of ether oxygens (including phenoxy) is 2. The predicted octanol–water partition coefficient (Wildman–Crippen LogP) is 3.89. The van der Waals surface area contributed by atoms with Crippen molar-refractivity contribution in [3.63, 3.8) is 0 Å². The summed E-state index contributed by atoms with van der Waals surface area (Å²) in [7, 11) is 0. The van der Waals surface area contributed by atoms with Gasteiger partial charge in [-0.3, -0.25) is 4.79 Å². The molecule has 0 aliphatic carbocycles. The summed E-state index contributed by atoms with van der Waals surface area (Å²) in [4.78, 5) is 18.0.